The molecule has 0 aliphatic carbocycles. The molecule has 0 fully saturated rings. The first-order valence-electron chi connectivity index (χ1n) is 5.90. The van der Waals surface area contributed by atoms with Gasteiger partial charge in [-0.1, -0.05) is 0 Å². The van der Waals surface area contributed by atoms with Gasteiger partial charge < -0.3 is 10.0 Å². The Labute approximate surface area is 114 Å². The highest BCUT2D eigenvalue weighted by molar-refractivity contribution is 6.00. The van der Waals surface area contributed by atoms with Gasteiger partial charge in [0.05, 0.1) is 10.3 Å². The van der Waals surface area contributed by atoms with E-state index >= 15 is 0 Å². The Morgan fingerprint density at radius 3 is 2.70 bits per heavy atom. The molecule has 20 heavy (non-hydrogen) atoms. The normalized spacial score (nSPS) is 12.1. The highest BCUT2D eigenvalue weighted by Gasteiger charge is 2.21. The maximum Gasteiger partial charge on any atom is 0.326 e. The number of non-ortho nitro benzene ring substituents is 1. The molecule has 0 saturated carbocycles. The summed E-state index contributed by atoms with van der Waals surface area (Å²) in [6, 6.07) is 3.82. The fraction of sp³-hybridized carbons (Fsp3) is 0.231. The molecule has 1 aromatic heterocycles. The predicted molar refractivity (Wildman–Crippen MR) is 73.9 cm³/mol. The number of nitro benzene ring substituents is 1. The summed E-state index contributed by atoms with van der Waals surface area (Å²) in [6.07, 6.45) is 2.94. The minimum atomic E-state index is -0.965. The standard InChI is InChI=1S/C13H13N3O4/c1-8(13(17)18)15(2)11-3-4-12(16(19)20)10-7-14-6-5-9(10)11/h3-8H,1-2H3,(H,17,18). The van der Waals surface area contributed by atoms with Crippen LogP contribution in [0.4, 0.5) is 11.4 Å². The molecule has 1 heterocycles. The van der Waals surface area contributed by atoms with Gasteiger partial charge in [0.1, 0.15) is 6.04 Å². The van der Waals surface area contributed by atoms with Crippen molar-refractivity contribution in [1.82, 2.24) is 4.98 Å². The molecule has 7 heteroatoms. The van der Waals surface area contributed by atoms with Crippen LogP contribution in [-0.4, -0.2) is 34.1 Å². The Morgan fingerprint density at radius 2 is 2.10 bits per heavy atom. The Bertz CT molecular complexity index is 686. The number of carbonyl (C=O) groups is 1. The fourth-order valence-corrected chi connectivity index (χ4v) is 2.00. The molecule has 1 unspecified atom stereocenters. The summed E-state index contributed by atoms with van der Waals surface area (Å²) in [5.41, 5.74) is 0.566. The van der Waals surface area contributed by atoms with Crippen molar-refractivity contribution >= 4 is 28.1 Å². The van der Waals surface area contributed by atoms with Crippen LogP contribution in [0.5, 0.6) is 0 Å². The quantitative estimate of drug-likeness (QED) is 0.677. The van der Waals surface area contributed by atoms with E-state index in [0.29, 0.717) is 16.5 Å². The number of anilines is 1. The molecule has 104 valence electrons. The highest BCUT2D eigenvalue weighted by Crippen LogP contribution is 2.33. The van der Waals surface area contributed by atoms with Crippen LogP contribution in [0.2, 0.25) is 0 Å². The summed E-state index contributed by atoms with van der Waals surface area (Å²) in [6.45, 7) is 1.55. The van der Waals surface area contributed by atoms with E-state index < -0.39 is 16.9 Å². The van der Waals surface area contributed by atoms with Gasteiger partial charge in [0.15, 0.2) is 0 Å². The van der Waals surface area contributed by atoms with E-state index in [1.165, 1.54) is 18.5 Å². The van der Waals surface area contributed by atoms with Gasteiger partial charge in [-0.3, -0.25) is 15.1 Å². The lowest BCUT2D eigenvalue weighted by molar-refractivity contribution is -0.383. The van der Waals surface area contributed by atoms with Crippen molar-refractivity contribution in [2.45, 2.75) is 13.0 Å². The monoisotopic (exact) mass is 275 g/mol. The maximum atomic E-state index is 11.1. The number of carboxylic acid groups (broad SMARTS) is 1. The molecule has 1 N–H and O–H groups in total. The summed E-state index contributed by atoms with van der Waals surface area (Å²) in [5, 5.41) is 21.1. The van der Waals surface area contributed by atoms with E-state index in [9.17, 15) is 14.9 Å². The number of hydrogen-bond donors (Lipinski definition) is 1. The van der Waals surface area contributed by atoms with E-state index in [4.69, 9.17) is 5.11 Å². The number of carboxylic acids is 1. The van der Waals surface area contributed by atoms with Gasteiger partial charge in [0.2, 0.25) is 0 Å². The van der Waals surface area contributed by atoms with E-state index in [0.717, 1.165) is 0 Å². The number of aliphatic carboxylic acids is 1. The molecule has 0 aliphatic heterocycles. The number of aromatic nitrogens is 1. The first-order valence-corrected chi connectivity index (χ1v) is 5.90. The molecule has 1 atom stereocenters. The number of nitro groups is 1. The molecule has 0 spiro atoms. The lowest BCUT2D eigenvalue weighted by Gasteiger charge is -2.25. The largest absolute Gasteiger partial charge is 0.480 e. The Morgan fingerprint density at radius 1 is 1.40 bits per heavy atom. The number of rotatable bonds is 4. The maximum absolute atomic E-state index is 11.1. The minimum Gasteiger partial charge on any atom is -0.480 e. The minimum absolute atomic E-state index is 0.0479. The molecule has 2 rings (SSSR count). The summed E-state index contributed by atoms with van der Waals surface area (Å²) in [4.78, 5) is 27.1. The van der Waals surface area contributed by atoms with Crippen molar-refractivity contribution in [2.24, 2.45) is 0 Å². The van der Waals surface area contributed by atoms with Crippen LogP contribution in [0.15, 0.2) is 30.6 Å². The SMILES string of the molecule is CC(C(=O)O)N(C)c1ccc([N+](=O)[O-])c2cnccc12. The van der Waals surface area contributed by atoms with Crippen LogP contribution < -0.4 is 4.90 Å². The third kappa shape index (κ3) is 2.25. The van der Waals surface area contributed by atoms with E-state index in [1.807, 2.05) is 0 Å². The summed E-state index contributed by atoms with van der Waals surface area (Å²) < 4.78 is 0. The number of pyridine rings is 1. The van der Waals surface area contributed by atoms with E-state index in [2.05, 4.69) is 4.98 Å². The number of nitrogens with zero attached hydrogens (tertiary/aromatic N) is 3. The zero-order valence-electron chi connectivity index (χ0n) is 11.0. The van der Waals surface area contributed by atoms with Crippen LogP contribution >= 0.6 is 0 Å². The molecule has 0 saturated heterocycles. The number of fused-ring (bicyclic) bond motifs is 1. The van der Waals surface area contributed by atoms with Gasteiger partial charge in [-0.25, -0.2) is 4.79 Å². The van der Waals surface area contributed by atoms with E-state index in [1.54, 1.807) is 31.0 Å². The molecule has 0 aliphatic rings. The second kappa shape index (κ2) is 5.12. The van der Waals surface area contributed by atoms with Crippen molar-refractivity contribution in [3.8, 4) is 0 Å². The average molecular weight is 275 g/mol. The summed E-state index contributed by atoms with van der Waals surface area (Å²) in [5.74, 6) is -0.965. The molecule has 0 amide bonds. The lowest BCUT2D eigenvalue weighted by Crippen LogP contribution is -2.35. The molecular weight excluding hydrogens is 262 g/mol. The second-order valence-electron chi connectivity index (χ2n) is 4.41. The zero-order chi connectivity index (χ0) is 14.9. The predicted octanol–water partition coefficient (Wildman–Crippen LogP) is 2.05. The van der Waals surface area contributed by atoms with Crippen molar-refractivity contribution < 1.29 is 14.8 Å². The Balaban J connectivity index is 2.65. The van der Waals surface area contributed by atoms with Crippen LogP contribution in [0.25, 0.3) is 10.8 Å². The number of likely N-dealkylation sites (N-methyl/N-ethyl adjacent to an activating group) is 1. The second-order valence-corrected chi connectivity index (χ2v) is 4.41. The highest BCUT2D eigenvalue weighted by atomic mass is 16.6. The van der Waals surface area contributed by atoms with Gasteiger partial charge in [-0.15, -0.1) is 0 Å². The van der Waals surface area contributed by atoms with Gasteiger partial charge >= 0.3 is 5.97 Å². The van der Waals surface area contributed by atoms with Gasteiger partial charge in [0.25, 0.3) is 5.69 Å². The Kier molecular flexibility index (Phi) is 3.51. The van der Waals surface area contributed by atoms with Crippen LogP contribution in [0, 0.1) is 10.1 Å². The van der Waals surface area contributed by atoms with Crippen molar-refractivity contribution in [3.63, 3.8) is 0 Å². The summed E-state index contributed by atoms with van der Waals surface area (Å²) in [7, 11) is 1.64. The molecule has 0 radical (unpaired) electrons. The van der Waals surface area contributed by atoms with Crippen LogP contribution in [0.3, 0.4) is 0 Å². The molecular formula is C13H13N3O4. The van der Waals surface area contributed by atoms with Crippen molar-refractivity contribution in [2.75, 3.05) is 11.9 Å². The Hall–Kier alpha value is -2.70. The molecule has 1 aromatic carbocycles. The number of hydrogen-bond acceptors (Lipinski definition) is 5. The third-order valence-corrected chi connectivity index (χ3v) is 3.29. The number of benzene rings is 1. The average Bonchev–Trinajstić information content (AvgIpc) is 2.44. The third-order valence-electron chi connectivity index (χ3n) is 3.29. The van der Waals surface area contributed by atoms with E-state index in [-0.39, 0.29) is 5.69 Å². The van der Waals surface area contributed by atoms with Crippen molar-refractivity contribution in [3.05, 3.63) is 40.7 Å². The van der Waals surface area contributed by atoms with Crippen molar-refractivity contribution in [1.29, 1.82) is 0 Å². The van der Waals surface area contributed by atoms with Gasteiger partial charge in [0, 0.05) is 36.6 Å². The van der Waals surface area contributed by atoms with Crippen LogP contribution in [0.1, 0.15) is 6.92 Å². The van der Waals surface area contributed by atoms with Crippen LogP contribution in [-0.2, 0) is 4.79 Å². The van der Waals surface area contributed by atoms with Gasteiger partial charge in [-0.05, 0) is 19.1 Å². The van der Waals surface area contributed by atoms with Gasteiger partial charge in [-0.2, -0.15) is 0 Å². The lowest BCUT2D eigenvalue weighted by atomic mass is 10.1. The summed E-state index contributed by atoms with van der Waals surface area (Å²) >= 11 is 0. The first kappa shape index (κ1) is 13.7. The molecule has 2 aromatic rings. The zero-order valence-corrected chi connectivity index (χ0v) is 11.0. The first-order chi connectivity index (χ1) is 9.43. The molecule has 0 bridgehead atoms. The molecule has 7 nitrogen and oxygen atoms in total. The fourth-order valence-electron chi connectivity index (χ4n) is 2.00. The smallest absolute Gasteiger partial charge is 0.326 e. The topological polar surface area (TPSA) is 96.6 Å².